The standard InChI is InChI=1S/C10H21NO3/c1-3-10(12)11-5-7-14-9(8-11)4-6-13-2/h9-10,12H,3-8H2,1-2H3. The molecule has 1 heterocycles. The van der Waals surface area contributed by atoms with Crippen LogP contribution in [0.4, 0.5) is 0 Å². The monoisotopic (exact) mass is 203 g/mol. The van der Waals surface area contributed by atoms with Gasteiger partial charge in [-0.05, 0) is 12.8 Å². The zero-order valence-electron chi connectivity index (χ0n) is 9.11. The highest BCUT2D eigenvalue weighted by molar-refractivity contribution is 4.72. The first kappa shape index (κ1) is 11.9. The van der Waals surface area contributed by atoms with Gasteiger partial charge in [-0.1, -0.05) is 6.92 Å². The molecule has 0 aromatic rings. The Morgan fingerprint density at radius 3 is 3.07 bits per heavy atom. The van der Waals surface area contributed by atoms with Gasteiger partial charge >= 0.3 is 0 Å². The molecule has 1 aliphatic heterocycles. The molecule has 0 radical (unpaired) electrons. The minimum atomic E-state index is -0.316. The second-order valence-corrected chi connectivity index (χ2v) is 3.66. The molecule has 1 fully saturated rings. The summed E-state index contributed by atoms with van der Waals surface area (Å²) in [6, 6.07) is 0. The van der Waals surface area contributed by atoms with Crippen molar-refractivity contribution in [1.29, 1.82) is 0 Å². The molecule has 0 aromatic carbocycles. The second-order valence-electron chi connectivity index (χ2n) is 3.66. The van der Waals surface area contributed by atoms with Crippen molar-refractivity contribution in [2.45, 2.75) is 32.1 Å². The van der Waals surface area contributed by atoms with E-state index >= 15 is 0 Å². The largest absolute Gasteiger partial charge is 0.385 e. The Kier molecular flexibility index (Phi) is 5.40. The Balaban J connectivity index is 2.28. The third-order valence-electron chi connectivity index (χ3n) is 2.60. The number of rotatable bonds is 5. The van der Waals surface area contributed by atoms with Crippen LogP contribution in [-0.4, -0.2) is 55.8 Å². The molecule has 2 atom stereocenters. The van der Waals surface area contributed by atoms with Crippen molar-refractivity contribution in [2.75, 3.05) is 33.4 Å². The maximum atomic E-state index is 9.67. The maximum Gasteiger partial charge on any atom is 0.107 e. The van der Waals surface area contributed by atoms with Crippen LogP contribution in [0.25, 0.3) is 0 Å². The van der Waals surface area contributed by atoms with Gasteiger partial charge in [0.25, 0.3) is 0 Å². The van der Waals surface area contributed by atoms with Gasteiger partial charge in [0.15, 0.2) is 0 Å². The van der Waals surface area contributed by atoms with E-state index in [1.54, 1.807) is 7.11 Å². The van der Waals surface area contributed by atoms with Crippen LogP contribution in [0.3, 0.4) is 0 Å². The molecule has 84 valence electrons. The third kappa shape index (κ3) is 3.53. The Hall–Kier alpha value is -0.160. The molecule has 4 nitrogen and oxygen atoms in total. The number of morpholine rings is 1. The van der Waals surface area contributed by atoms with Crippen LogP contribution in [0.2, 0.25) is 0 Å². The van der Waals surface area contributed by atoms with E-state index in [1.807, 2.05) is 6.92 Å². The van der Waals surface area contributed by atoms with Crippen LogP contribution in [0.1, 0.15) is 19.8 Å². The SMILES string of the molecule is CCC(O)N1CCOC(CCOC)C1. The number of aliphatic hydroxyl groups is 1. The highest BCUT2D eigenvalue weighted by Gasteiger charge is 2.23. The van der Waals surface area contributed by atoms with Crippen molar-refractivity contribution in [3.63, 3.8) is 0 Å². The van der Waals surface area contributed by atoms with Crippen molar-refractivity contribution in [2.24, 2.45) is 0 Å². The number of methoxy groups -OCH3 is 1. The predicted molar refractivity (Wildman–Crippen MR) is 54.1 cm³/mol. The van der Waals surface area contributed by atoms with Gasteiger partial charge in [-0.15, -0.1) is 0 Å². The van der Waals surface area contributed by atoms with E-state index in [2.05, 4.69) is 4.90 Å². The van der Waals surface area contributed by atoms with Gasteiger partial charge in [0.2, 0.25) is 0 Å². The molecule has 0 bridgehead atoms. The minimum absolute atomic E-state index is 0.213. The first-order valence-corrected chi connectivity index (χ1v) is 5.30. The fourth-order valence-corrected chi connectivity index (χ4v) is 1.69. The van der Waals surface area contributed by atoms with Crippen LogP contribution in [0.5, 0.6) is 0 Å². The fourth-order valence-electron chi connectivity index (χ4n) is 1.69. The third-order valence-corrected chi connectivity index (χ3v) is 2.60. The number of hydrogen-bond acceptors (Lipinski definition) is 4. The van der Waals surface area contributed by atoms with Crippen LogP contribution in [0.15, 0.2) is 0 Å². The summed E-state index contributed by atoms with van der Waals surface area (Å²) >= 11 is 0. The molecule has 1 N–H and O–H groups in total. The zero-order chi connectivity index (χ0) is 10.4. The van der Waals surface area contributed by atoms with Gasteiger partial charge in [-0.3, -0.25) is 4.90 Å². The average Bonchev–Trinajstić information content (AvgIpc) is 2.25. The number of hydrogen-bond donors (Lipinski definition) is 1. The molecule has 4 heteroatoms. The van der Waals surface area contributed by atoms with Gasteiger partial charge in [0, 0.05) is 26.8 Å². The lowest BCUT2D eigenvalue weighted by atomic mass is 10.2. The number of nitrogens with zero attached hydrogens (tertiary/aromatic N) is 1. The van der Waals surface area contributed by atoms with Crippen molar-refractivity contribution < 1.29 is 14.6 Å². The summed E-state index contributed by atoms with van der Waals surface area (Å²) in [5.41, 5.74) is 0. The Morgan fingerprint density at radius 2 is 2.43 bits per heavy atom. The molecule has 0 aliphatic carbocycles. The van der Waals surface area contributed by atoms with Crippen molar-refractivity contribution in [3.05, 3.63) is 0 Å². The van der Waals surface area contributed by atoms with Gasteiger partial charge in [0.1, 0.15) is 6.23 Å². The summed E-state index contributed by atoms with van der Waals surface area (Å²) in [6.07, 6.45) is 1.58. The molecular formula is C10H21NO3. The fraction of sp³-hybridized carbons (Fsp3) is 1.00. The van der Waals surface area contributed by atoms with E-state index in [0.29, 0.717) is 6.61 Å². The lowest BCUT2D eigenvalue weighted by Gasteiger charge is -2.35. The number of aliphatic hydroxyl groups excluding tert-OH is 1. The quantitative estimate of drug-likeness (QED) is 0.704. The van der Waals surface area contributed by atoms with E-state index in [4.69, 9.17) is 9.47 Å². The van der Waals surface area contributed by atoms with Gasteiger partial charge in [-0.25, -0.2) is 0 Å². The van der Waals surface area contributed by atoms with Crippen LogP contribution in [0, 0.1) is 0 Å². The lowest BCUT2D eigenvalue weighted by Crippen LogP contribution is -2.47. The molecule has 0 amide bonds. The Labute approximate surface area is 85.8 Å². The highest BCUT2D eigenvalue weighted by atomic mass is 16.5. The molecule has 1 saturated heterocycles. The van der Waals surface area contributed by atoms with Crippen molar-refractivity contribution in [1.82, 2.24) is 4.90 Å². The molecule has 0 aromatic heterocycles. The summed E-state index contributed by atoms with van der Waals surface area (Å²) in [4.78, 5) is 2.07. The molecule has 2 unspecified atom stereocenters. The maximum absolute atomic E-state index is 9.67. The summed E-state index contributed by atoms with van der Waals surface area (Å²) in [6.45, 7) is 5.08. The Morgan fingerprint density at radius 1 is 1.64 bits per heavy atom. The van der Waals surface area contributed by atoms with Crippen LogP contribution < -0.4 is 0 Å². The topological polar surface area (TPSA) is 41.9 Å². The molecule has 0 saturated carbocycles. The molecule has 0 spiro atoms. The van der Waals surface area contributed by atoms with Crippen LogP contribution in [-0.2, 0) is 9.47 Å². The number of ether oxygens (including phenoxy) is 2. The molecule has 1 rings (SSSR count). The molecule has 14 heavy (non-hydrogen) atoms. The average molecular weight is 203 g/mol. The molecule has 1 aliphatic rings. The van der Waals surface area contributed by atoms with E-state index < -0.39 is 0 Å². The first-order valence-electron chi connectivity index (χ1n) is 5.30. The normalized spacial score (nSPS) is 26.4. The summed E-state index contributed by atoms with van der Waals surface area (Å²) in [5.74, 6) is 0. The van der Waals surface area contributed by atoms with Crippen molar-refractivity contribution >= 4 is 0 Å². The first-order chi connectivity index (χ1) is 6.77. The van der Waals surface area contributed by atoms with E-state index in [9.17, 15) is 5.11 Å². The smallest absolute Gasteiger partial charge is 0.107 e. The Bertz CT molecular complexity index is 154. The van der Waals surface area contributed by atoms with Crippen LogP contribution >= 0.6 is 0 Å². The highest BCUT2D eigenvalue weighted by Crippen LogP contribution is 2.12. The van der Waals surface area contributed by atoms with Crippen molar-refractivity contribution in [3.8, 4) is 0 Å². The van der Waals surface area contributed by atoms with E-state index in [-0.39, 0.29) is 12.3 Å². The summed E-state index contributed by atoms with van der Waals surface area (Å²) in [7, 11) is 1.70. The van der Waals surface area contributed by atoms with E-state index in [0.717, 1.165) is 32.5 Å². The van der Waals surface area contributed by atoms with Gasteiger partial charge in [-0.2, -0.15) is 0 Å². The molecular weight excluding hydrogens is 182 g/mol. The van der Waals surface area contributed by atoms with E-state index in [1.165, 1.54) is 0 Å². The predicted octanol–water partition coefficient (Wildman–Crippen LogP) is 0.452. The van der Waals surface area contributed by atoms with Gasteiger partial charge < -0.3 is 14.6 Å². The summed E-state index contributed by atoms with van der Waals surface area (Å²) < 4.78 is 10.6. The van der Waals surface area contributed by atoms with Gasteiger partial charge in [0.05, 0.1) is 12.7 Å². The second kappa shape index (κ2) is 6.35. The minimum Gasteiger partial charge on any atom is -0.385 e. The summed E-state index contributed by atoms with van der Waals surface area (Å²) in [5, 5.41) is 9.67. The lowest BCUT2D eigenvalue weighted by molar-refractivity contribution is -0.0994. The zero-order valence-corrected chi connectivity index (χ0v) is 9.11.